The smallest absolute Gasteiger partial charge is 0.147 e. The molecule has 1 saturated heterocycles. The van der Waals surface area contributed by atoms with Gasteiger partial charge in [0.1, 0.15) is 5.82 Å². The van der Waals surface area contributed by atoms with E-state index in [-0.39, 0.29) is 0 Å². The molecule has 2 unspecified atom stereocenters. The summed E-state index contributed by atoms with van der Waals surface area (Å²) in [6.07, 6.45) is 6.19. The van der Waals surface area contributed by atoms with Gasteiger partial charge in [-0.3, -0.25) is 4.98 Å². The zero-order valence-corrected chi connectivity index (χ0v) is 9.07. The molecule has 0 saturated carbocycles. The maximum atomic E-state index is 4.52. The minimum Gasteiger partial charge on any atom is -0.350 e. The third kappa shape index (κ3) is 1.59. The standard InChI is InChI=1S/C11H17N3/c1-8-6-12-7-11(13-8)14-9(2)4-5-10(14)3/h6-7,9-10H,4-5H2,1-3H3. The van der Waals surface area contributed by atoms with Gasteiger partial charge in [0, 0.05) is 18.3 Å². The highest BCUT2D eigenvalue weighted by atomic mass is 15.3. The Bertz CT molecular complexity index is 314. The average molecular weight is 191 g/mol. The molecule has 0 radical (unpaired) electrons. The zero-order chi connectivity index (χ0) is 10.1. The maximum absolute atomic E-state index is 4.52. The molecule has 0 bridgehead atoms. The van der Waals surface area contributed by atoms with Gasteiger partial charge in [0.25, 0.3) is 0 Å². The second-order valence-corrected chi connectivity index (χ2v) is 4.20. The van der Waals surface area contributed by atoms with E-state index in [9.17, 15) is 0 Å². The molecular weight excluding hydrogens is 174 g/mol. The van der Waals surface area contributed by atoms with Gasteiger partial charge in [-0.1, -0.05) is 0 Å². The fourth-order valence-electron chi connectivity index (χ4n) is 2.22. The van der Waals surface area contributed by atoms with Gasteiger partial charge >= 0.3 is 0 Å². The minimum absolute atomic E-state index is 0.598. The Hall–Kier alpha value is -1.12. The second-order valence-electron chi connectivity index (χ2n) is 4.20. The molecule has 1 fully saturated rings. The molecule has 1 aliphatic heterocycles. The molecule has 1 aromatic heterocycles. The molecule has 3 nitrogen and oxygen atoms in total. The number of hydrogen-bond acceptors (Lipinski definition) is 3. The van der Waals surface area contributed by atoms with Crippen LogP contribution in [0.25, 0.3) is 0 Å². The van der Waals surface area contributed by atoms with Crippen molar-refractivity contribution in [3.8, 4) is 0 Å². The van der Waals surface area contributed by atoms with Crippen molar-refractivity contribution in [3.63, 3.8) is 0 Å². The lowest BCUT2D eigenvalue weighted by Crippen LogP contribution is -2.33. The molecule has 0 amide bonds. The topological polar surface area (TPSA) is 29.0 Å². The summed E-state index contributed by atoms with van der Waals surface area (Å²) in [6, 6.07) is 1.20. The van der Waals surface area contributed by atoms with Crippen LogP contribution in [0.4, 0.5) is 5.82 Å². The summed E-state index contributed by atoms with van der Waals surface area (Å²) in [7, 11) is 0. The molecule has 14 heavy (non-hydrogen) atoms. The van der Waals surface area contributed by atoms with Crippen molar-refractivity contribution in [2.75, 3.05) is 4.90 Å². The van der Waals surface area contributed by atoms with E-state index in [4.69, 9.17) is 0 Å². The zero-order valence-electron chi connectivity index (χ0n) is 9.07. The summed E-state index contributed by atoms with van der Waals surface area (Å²) < 4.78 is 0. The number of rotatable bonds is 1. The lowest BCUT2D eigenvalue weighted by atomic mass is 10.2. The fraction of sp³-hybridized carbons (Fsp3) is 0.636. The van der Waals surface area contributed by atoms with Crippen LogP contribution in [0.2, 0.25) is 0 Å². The van der Waals surface area contributed by atoms with Gasteiger partial charge in [0.15, 0.2) is 0 Å². The van der Waals surface area contributed by atoms with Gasteiger partial charge in [-0.15, -0.1) is 0 Å². The Balaban J connectivity index is 2.29. The monoisotopic (exact) mass is 191 g/mol. The van der Waals surface area contributed by atoms with E-state index in [0.29, 0.717) is 12.1 Å². The third-order valence-electron chi connectivity index (χ3n) is 2.96. The molecule has 0 aliphatic carbocycles. The molecule has 0 aromatic carbocycles. The first-order chi connectivity index (χ1) is 6.68. The summed E-state index contributed by atoms with van der Waals surface area (Å²) in [5, 5.41) is 0. The number of nitrogens with zero attached hydrogens (tertiary/aromatic N) is 3. The van der Waals surface area contributed by atoms with Gasteiger partial charge in [-0.25, -0.2) is 4.98 Å². The van der Waals surface area contributed by atoms with Crippen LogP contribution < -0.4 is 4.90 Å². The Labute approximate surface area is 85.2 Å². The Morgan fingerprint density at radius 1 is 1.21 bits per heavy atom. The van der Waals surface area contributed by atoms with E-state index in [1.54, 1.807) is 6.20 Å². The molecule has 76 valence electrons. The van der Waals surface area contributed by atoms with E-state index < -0.39 is 0 Å². The normalized spacial score (nSPS) is 26.9. The lowest BCUT2D eigenvalue weighted by Gasteiger charge is -2.27. The van der Waals surface area contributed by atoms with E-state index in [0.717, 1.165) is 11.5 Å². The Morgan fingerprint density at radius 2 is 1.86 bits per heavy atom. The summed E-state index contributed by atoms with van der Waals surface area (Å²) in [5.74, 6) is 1.03. The summed E-state index contributed by atoms with van der Waals surface area (Å²) >= 11 is 0. The van der Waals surface area contributed by atoms with Crippen molar-refractivity contribution >= 4 is 5.82 Å². The van der Waals surface area contributed by atoms with Gasteiger partial charge in [0.05, 0.1) is 11.9 Å². The molecule has 2 heterocycles. The molecular formula is C11H17N3. The lowest BCUT2D eigenvalue weighted by molar-refractivity contribution is 0.679. The average Bonchev–Trinajstić information content (AvgIpc) is 2.46. The van der Waals surface area contributed by atoms with Gasteiger partial charge in [-0.05, 0) is 33.6 Å². The third-order valence-corrected chi connectivity index (χ3v) is 2.96. The molecule has 0 spiro atoms. The first kappa shape index (κ1) is 9.44. The van der Waals surface area contributed by atoms with Crippen molar-refractivity contribution in [1.29, 1.82) is 0 Å². The number of anilines is 1. The Morgan fingerprint density at radius 3 is 2.43 bits per heavy atom. The highest BCUT2D eigenvalue weighted by Crippen LogP contribution is 2.28. The SMILES string of the molecule is Cc1cncc(N2C(C)CCC2C)n1. The number of aromatic nitrogens is 2. The molecule has 3 heteroatoms. The summed E-state index contributed by atoms with van der Waals surface area (Å²) in [6.45, 7) is 6.50. The van der Waals surface area contributed by atoms with Crippen molar-refractivity contribution in [2.24, 2.45) is 0 Å². The van der Waals surface area contributed by atoms with Crippen LogP contribution in [0.1, 0.15) is 32.4 Å². The molecule has 1 aromatic rings. The number of aryl methyl sites for hydroxylation is 1. The predicted molar refractivity (Wildman–Crippen MR) is 57.4 cm³/mol. The molecule has 2 atom stereocenters. The maximum Gasteiger partial charge on any atom is 0.147 e. The van der Waals surface area contributed by atoms with Crippen LogP contribution in [-0.2, 0) is 0 Å². The van der Waals surface area contributed by atoms with Gasteiger partial charge in [-0.2, -0.15) is 0 Å². The van der Waals surface area contributed by atoms with Crippen LogP contribution in [0.15, 0.2) is 12.4 Å². The van der Waals surface area contributed by atoms with Crippen LogP contribution in [0.5, 0.6) is 0 Å². The Kier molecular flexibility index (Phi) is 2.40. The van der Waals surface area contributed by atoms with E-state index in [1.807, 2.05) is 13.1 Å². The highest BCUT2D eigenvalue weighted by Gasteiger charge is 2.28. The molecule has 2 rings (SSSR count). The number of hydrogen-bond donors (Lipinski definition) is 0. The summed E-state index contributed by atoms with van der Waals surface area (Å²) in [5.41, 5.74) is 0.994. The van der Waals surface area contributed by atoms with Crippen LogP contribution >= 0.6 is 0 Å². The van der Waals surface area contributed by atoms with Crippen LogP contribution in [0.3, 0.4) is 0 Å². The van der Waals surface area contributed by atoms with Gasteiger partial charge in [0.2, 0.25) is 0 Å². The fourth-order valence-corrected chi connectivity index (χ4v) is 2.22. The minimum atomic E-state index is 0.598. The highest BCUT2D eigenvalue weighted by molar-refractivity contribution is 5.40. The van der Waals surface area contributed by atoms with Crippen LogP contribution in [0, 0.1) is 6.92 Å². The van der Waals surface area contributed by atoms with Gasteiger partial charge < -0.3 is 4.90 Å². The van der Waals surface area contributed by atoms with E-state index in [1.165, 1.54) is 12.8 Å². The largest absolute Gasteiger partial charge is 0.350 e. The molecule has 0 N–H and O–H groups in total. The quantitative estimate of drug-likeness (QED) is 0.681. The van der Waals surface area contributed by atoms with Crippen molar-refractivity contribution in [3.05, 3.63) is 18.1 Å². The van der Waals surface area contributed by atoms with Crippen molar-refractivity contribution < 1.29 is 0 Å². The van der Waals surface area contributed by atoms with Crippen LogP contribution in [-0.4, -0.2) is 22.1 Å². The molecule has 1 aliphatic rings. The van der Waals surface area contributed by atoms with E-state index in [2.05, 4.69) is 28.7 Å². The predicted octanol–water partition coefficient (Wildman–Crippen LogP) is 2.16. The van der Waals surface area contributed by atoms with Crippen molar-refractivity contribution in [1.82, 2.24) is 9.97 Å². The first-order valence-electron chi connectivity index (χ1n) is 5.25. The van der Waals surface area contributed by atoms with Crippen molar-refractivity contribution in [2.45, 2.75) is 45.7 Å². The first-order valence-corrected chi connectivity index (χ1v) is 5.25. The summed E-state index contributed by atoms with van der Waals surface area (Å²) in [4.78, 5) is 11.1. The second kappa shape index (κ2) is 3.56. The van der Waals surface area contributed by atoms with E-state index >= 15 is 0 Å².